The Morgan fingerprint density at radius 2 is 2.00 bits per heavy atom. The quantitative estimate of drug-likeness (QED) is 0.676. The number of carbonyl (C=O) groups excluding carboxylic acids is 1. The van der Waals surface area contributed by atoms with Gasteiger partial charge in [0.1, 0.15) is 5.75 Å². The van der Waals surface area contributed by atoms with Gasteiger partial charge in [-0.25, -0.2) is 0 Å². The van der Waals surface area contributed by atoms with Gasteiger partial charge in [-0.05, 0) is 43.9 Å². The Balaban J connectivity index is 0.00000192. The van der Waals surface area contributed by atoms with Crippen molar-refractivity contribution in [1.29, 1.82) is 0 Å². The maximum atomic E-state index is 12.1. The number of hydrogen-bond donors (Lipinski definition) is 1. The van der Waals surface area contributed by atoms with Crippen molar-refractivity contribution in [2.45, 2.75) is 32.4 Å². The number of piperidine rings is 1. The summed E-state index contributed by atoms with van der Waals surface area (Å²) in [5.41, 5.74) is 2.61. The molecule has 4 nitrogen and oxygen atoms in total. The Morgan fingerprint density at radius 1 is 1.30 bits per heavy atom. The molecule has 2 aliphatic heterocycles. The summed E-state index contributed by atoms with van der Waals surface area (Å²) in [6.45, 7) is 4.46. The van der Waals surface area contributed by atoms with Crippen molar-refractivity contribution >= 4 is 18.4 Å². The van der Waals surface area contributed by atoms with E-state index in [0.717, 1.165) is 12.2 Å². The number of nitrogens with one attached hydrogen (secondary N) is 1. The fraction of sp³-hybridized carbons (Fsp3) is 0.500. The Bertz CT molecular complexity index is 584. The summed E-state index contributed by atoms with van der Waals surface area (Å²) in [5.74, 6) is 1.05. The van der Waals surface area contributed by atoms with Crippen LogP contribution in [0, 0.1) is 11.8 Å². The maximum absolute atomic E-state index is 12.1. The van der Waals surface area contributed by atoms with Gasteiger partial charge in [-0.2, -0.15) is 0 Å². The standard InChI is InChI=1S/C18H23NO3.ClH/c1-4-22-18(20)15-10-14-11(2)9-16(15)19-17(14)12-5-7-13(21-3)8-6-12;/h5-9,14-17,19H,4,10H2,1-3H3;1H. The van der Waals surface area contributed by atoms with Gasteiger partial charge in [0.15, 0.2) is 0 Å². The molecule has 1 aromatic carbocycles. The van der Waals surface area contributed by atoms with Gasteiger partial charge < -0.3 is 14.8 Å². The third kappa shape index (κ3) is 3.38. The predicted molar refractivity (Wildman–Crippen MR) is 91.9 cm³/mol. The van der Waals surface area contributed by atoms with Gasteiger partial charge in [0.05, 0.1) is 19.6 Å². The smallest absolute Gasteiger partial charge is 0.310 e. The van der Waals surface area contributed by atoms with E-state index in [9.17, 15) is 4.79 Å². The molecule has 2 heterocycles. The van der Waals surface area contributed by atoms with Gasteiger partial charge in [-0.3, -0.25) is 4.79 Å². The third-order valence-electron chi connectivity index (χ3n) is 4.81. The molecule has 1 saturated heterocycles. The summed E-state index contributed by atoms with van der Waals surface area (Å²) in [5, 5.41) is 3.61. The second-order valence-electron chi connectivity index (χ2n) is 6.05. The van der Waals surface area contributed by atoms with E-state index in [1.54, 1.807) is 7.11 Å². The SMILES string of the molecule is CCOC(=O)C1CC2C(C)=CC1NC2c1ccc(OC)cc1.Cl. The Labute approximate surface area is 143 Å². The molecule has 4 rings (SSSR count). The average Bonchev–Trinajstić information content (AvgIpc) is 2.55. The first-order chi connectivity index (χ1) is 10.6. The maximum Gasteiger partial charge on any atom is 0.310 e. The Kier molecular flexibility index (Phi) is 5.71. The monoisotopic (exact) mass is 337 g/mol. The molecule has 4 atom stereocenters. The van der Waals surface area contributed by atoms with E-state index in [4.69, 9.17) is 9.47 Å². The minimum Gasteiger partial charge on any atom is -0.497 e. The second-order valence-corrected chi connectivity index (χ2v) is 6.05. The van der Waals surface area contributed by atoms with Gasteiger partial charge >= 0.3 is 5.97 Å². The normalized spacial score (nSPS) is 28.6. The first-order valence-electron chi connectivity index (χ1n) is 7.89. The van der Waals surface area contributed by atoms with E-state index >= 15 is 0 Å². The highest BCUT2D eigenvalue weighted by molar-refractivity contribution is 5.85. The Morgan fingerprint density at radius 3 is 2.57 bits per heavy atom. The van der Waals surface area contributed by atoms with Crippen LogP contribution in [0.1, 0.15) is 31.9 Å². The lowest BCUT2D eigenvalue weighted by Crippen LogP contribution is -2.53. The lowest BCUT2D eigenvalue weighted by atomic mass is 9.69. The van der Waals surface area contributed by atoms with Crippen LogP contribution in [0.25, 0.3) is 0 Å². The number of fused-ring (bicyclic) bond motifs is 2. The first-order valence-corrected chi connectivity index (χ1v) is 7.89. The van der Waals surface area contributed by atoms with Gasteiger partial charge in [0, 0.05) is 12.1 Å². The molecule has 0 saturated carbocycles. The first kappa shape index (κ1) is 17.8. The van der Waals surface area contributed by atoms with Crippen molar-refractivity contribution in [2.24, 2.45) is 11.8 Å². The molecule has 0 aromatic heterocycles. The van der Waals surface area contributed by atoms with Gasteiger partial charge in [0.25, 0.3) is 0 Å². The van der Waals surface area contributed by atoms with E-state index in [0.29, 0.717) is 12.5 Å². The molecule has 1 N–H and O–H groups in total. The summed E-state index contributed by atoms with van der Waals surface area (Å²) in [6, 6.07) is 8.50. The van der Waals surface area contributed by atoms with Crippen molar-refractivity contribution in [3.8, 4) is 5.75 Å². The predicted octanol–water partition coefficient (Wildman–Crippen LogP) is 3.28. The summed E-state index contributed by atoms with van der Waals surface area (Å²) < 4.78 is 10.4. The molecule has 4 unspecified atom stereocenters. The largest absolute Gasteiger partial charge is 0.497 e. The minimum atomic E-state index is -0.0815. The molecule has 1 aromatic rings. The number of halogens is 1. The van der Waals surface area contributed by atoms with Crippen LogP contribution in [-0.2, 0) is 9.53 Å². The second kappa shape index (κ2) is 7.37. The van der Waals surface area contributed by atoms with E-state index in [2.05, 4.69) is 30.4 Å². The van der Waals surface area contributed by atoms with Crippen LogP contribution in [0.4, 0.5) is 0 Å². The number of hydrogen-bond acceptors (Lipinski definition) is 4. The summed E-state index contributed by atoms with van der Waals surface area (Å²) in [6.07, 6.45) is 3.05. The molecule has 0 amide bonds. The van der Waals surface area contributed by atoms with E-state index in [1.165, 1.54) is 11.1 Å². The molecule has 23 heavy (non-hydrogen) atoms. The highest BCUT2D eigenvalue weighted by Crippen LogP contribution is 2.44. The number of esters is 1. The number of ether oxygens (including phenoxy) is 2. The van der Waals surface area contributed by atoms with Crippen molar-refractivity contribution in [3.63, 3.8) is 0 Å². The zero-order valence-electron chi connectivity index (χ0n) is 13.7. The molecule has 1 aliphatic carbocycles. The minimum absolute atomic E-state index is 0. The highest BCUT2D eigenvalue weighted by Gasteiger charge is 2.44. The highest BCUT2D eigenvalue weighted by atomic mass is 35.5. The van der Waals surface area contributed by atoms with Crippen molar-refractivity contribution in [3.05, 3.63) is 41.5 Å². The van der Waals surface area contributed by atoms with Crippen LogP contribution in [0.5, 0.6) is 5.75 Å². The molecule has 5 heteroatoms. The molecule has 3 aliphatic rings. The van der Waals surface area contributed by atoms with Crippen LogP contribution in [-0.4, -0.2) is 25.7 Å². The summed E-state index contributed by atoms with van der Waals surface area (Å²) in [4.78, 5) is 12.1. The summed E-state index contributed by atoms with van der Waals surface area (Å²) in [7, 11) is 1.67. The molecule has 126 valence electrons. The van der Waals surface area contributed by atoms with Gasteiger partial charge in [-0.1, -0.05) is 23.8 Å². The summed E-state index contributed by atoms with van der Waals surface area (Å²) >= 11 is 0. The van der Waals surface area contributed by atoms with E-state index < -0.39 is 0 Å². The molecular formula is C18H24ClNO3. The fourth-order valence-electron chi connectivity index (χ4n) is 3.65. The molecule has 2 bridgehead atoms. The third-order valence-corrected chi connectivity index (χ3v) is 4.81. The van der Waals surface area contributed by atoms with Gasteiger partial charge in [0.2, 0.25) is 0 Å². The van der Waals surface area contributed by atoms with Gasteiger partial charge in [-0.15, -0.1) is 12.4 Å². The zero-order valence-corrected chi connectivity index (χ0v) is 14.6. The number of carbonyl (C=O) groups is 1. The van der Waals surface area contributed by atoms with Crippen LogP contribution in [0.15, 0.2) is 35.9 Å². The van der Waals surface area contributed by atoms with Crippen LogP contribution in [0.3, 0.4) is 0 Å². The average molecular weight is 338 g/mol. The van der Waals surface area contributed by atoms with Crippen LogP contribution in [0.2, 0.25) is 0 Å². The lowest BCUT2D eigenvalue weighted by molar-refractivity contribution is -0.150. The van der Waals surface area contributed by atoms with Crippen LogP contribution < -0.4 is 10.1 Å². The number of rotatable bonds is 4. The molecule has 0 radical (unpaired) electrons. The van der Waals surface area contributed by atoms with E-state index in [-0.39, 0.29) is 36.4 Å². The zero-order chi connectivity index (χ0) is 15.7. The fourth-order valence-corrected chi connectivity index (χ4v) is 3.65. The molecular weight excluding hydrogens is 314 g/mol. The molecule has 0 spiro atoms. The number of methoxy groups -OCH3 is 1. The van der Waals surface area contributed by atoms with Crippen LogP contribution >= 0.6 is 12.4 Å². The van der Waals surface area contributed by atoms with Crippen molar-refractivity contribution in [1.82, 2.24) is 5.32 Å². The van der Waals surface area contributed by atoms with Crippen molar-refractivity contribution in [2.75, 3.05) is 13.7 Å². The van der Waals surface area contributed by atoms with E-state index in [1.807, 2.05) is 19.1 Å². The lowest BCUT2D eigenvalue weighted by Gasteiger charge is -2.46. The number of benzene rings is 1. The molecule has 1 fully saturated rings. The van der Waals surface area contributed by atoms with Crippen molar-refractivity contribution < 1.29 is 14.3 Å². The Hall–Kier alpha value is -1.52. The topological polar surface area (TPSA) is 47.6 Å².